The fraction of sp³-hybridized carbons (Fsp3) is 0.417. The normalized spacial score (nSPS) is 12.4. The maximum atomic E-state index is 10.6. The van der Waals surface area contributed by atoms with Gasteiger partial charge < -0.3 is 10.2 Å². The Morgan fingerprint density at radius 2 is 2.19 bits per heavy atom. The fourth-order valence-electron chi connectivity index (χ4n) is 1.57. The van der Waals surface area contributed by atoms with E-state index in [-0.39, 0.29) is 0 Å². The molecule has 1 aromatic carbocycles. The molecule has 1 atom stereocenters. The van der Waals surface area contributed by atoms with Crippen LogP contribution in [0.4, 0.5) is 0 Å². The molecule has 0 amide bonds. The van der Waals surface area contributed by atoms with Crippen molar-refractivity contribution >= 4 is 21.9 Å². The van der Waals surface area contributed by atoms with Gasteiger partial charge in [-0.25, -0.2) is 4.79 Å². The largest absolute Gasteiger partial charge is 0.479 e. The number of aliphatic carboxylic acids is 1. The van der Waals surface area contributed by atoms with Crippen molar-refractivity contribution in [3.63, 3.8) is 0 Å². The summed E-state index contributed by atoms with van der Waals surface area (Å²) in [6.45, 7) is 1.93. The van der Waals surface area contributed by atoms with Crippen LogP contribution in [0.15, 0.2) is 18.2 Å². The molecule has 88 valence electrons. The van der Waals surface area contributed by atoms with Crippen LogP contribution >= 0.6 is 15.9 Å². The lowest BCUT2D eigenvalue weighted by Gasteiger charge is -2.10. The molecule has 0 bridgehead atoms. The molecule has 2 N–H and O–H groups in total. The van der Waals surface area contributed by atoms with Crippen LogP contribution in [0, 0.1) is 6.92 Å². The van der Waals surface area contributed by atoms with E-state index in [4.69, 9.17) is 5.11 Å². The molecular formula is C12H15BrO3. The zero-order chi connectivity index (χ0) is 12.1. The smallest absolute Gasteiger partial charge is 0.337 e. The molecular weight excluding hydrogens is 272 g/mol. The molecule has 0 saturated heterocycles. The maximum absolute atomic E-state index is 10.6. The van der Waals surface area contributed by atoms with Gasteiger partial charge in [-0.1, -0.05) is 34.1 Å². The Bertz CT molecular complexity index is 377. The predicted molar refractivity (Wildman–Crippen MR) is 65.9 cm³/mol. The van der Waals surface area contributed by atoms with Gasteiger partial charge in [0.2, 0.25) is 0 Å². The van der Waals surface area contributed by atoms with Crippen molar-refractivity contribution in [3.8, 4) is 0 Å². The molecule has 0 aliphatic rings. The third-order valence-corrected chi connectivity index (χ3v) is 3.06. The molecule has 1 aromatic rings. The lowest BCUT2D eigenvalue weighted by molar-refractivity contribution is -0.146. The van der Waals surface area contributed by atoms with E-state index >= 15 is 0 Å². The maximum Gasteiger partial charge on any atom is 0.337 e. The van der Waals surface area contributed by atoms with E-state index in [9.17, 15) is 9.90 Å². The van der Waals surface area contributed by atoms with E-state index in [1.807, 2.05) is 13.0 Å². The number of carboxylic acids is 1. The Balaban J connectivity index is 2.86. The Morgan fingerprint density at radius 3 is 2.69 bits per heavy atom. The molecule has 0 aliphatic carbocycles. The molecule has 4 heteroatoms. The number of halogens is 1. The number of aliphatic hydroxyl groups excluding tert-OH is 1. The second-order valence-corrected chi connectivity index (χ2v) is 4.51. The van der Waals surface area contributed by atoms with Crippen LogP contribution in [0.5, 0.6) is 0 Å². The van der Waals surface area contributed by atoms with Gasteiger partial charge >= 0.3 is 5.97 Å². The number of hydrogen-bond donors (Lipinski definition) is 2. The molecule has 0 aliphatic heterocycles. The van der Waals surface area contributed by atoms with Gasteiger partial charge in [-0.3, -0.25) is 0 Å². The number of aliphatic hydroxyl groups is 1. The van der Waals surface area contributed by atoms with E-state index in [0.29, 0.717) is 5.56 Å². The summed E-state index contributed by atoms with van der Waals surface area (Å²) < 4.78 is 0. The lowest BCUT2D eigenvalue weighted by Crippen LogP contribution is -2.10. The number of rotatable bonds is 5. The van der Waals surface area contributed by atoms with Crippen LogP contribution in [0.2, 0.25) is 0 Å². The minimum absolute atomic E-state index is 0.438. The Hall–Kier alpha value is -0.870. The number of carboxylic acid groups (broad SMARTS) is 1. The highest BCUT2D eigenvalue weighted by molar-refractivity contribution is 9.09. The van der Waals surface area contributed by atoms with E-state index in [1.165, 1.54) is 5.56 Å². The standard InChI is InChI=1S/C12H15BrO3/c1-8-7-10(11(14)12(15)16)5-4-9(8)3-2-6-13/h4-5,7,11,14H,2-3,6H2,1H3,(H,15,16). The molecule has 0 heterocycles. The SMILES string of the molecule is Cc1cc(C(O)C(=O)O)ccc1CCCBr. The van der Waals surface area contributed by atoms with E-state index in [0.717, 1.165) is 23.7 Å². The summed E-state index contributed by atoms with van der Waals surface area (Å²) in [6.07, 6.45) is 0.575. The van der Waals surface area contributed by atoms with Crippen molar-refractivity contribution in [2.45, 2.75) is 25.9 Å². The first-order valence-corrected chi connectivity index (χ1v) is 6.24. The minimum Gasteiger partial charge on any atom is -0.479 e. The fourth-order valence-corrected chi connectivity index (χ4v) is 1.85. The highest BCUT2D eigenvalue weighted by Crippen LogP contribution is 2.19. The molecule has 3 nitrogen and oxygen atoms in total. The third-order valence-electron chi connectivity index (χ3n) is 2.50. The quantitative estimate of drug-likeness (QED) is 0.818. The molecule has 0 aromatic heterocycles. The second kappa shape index (κ2) is 6.01. The lowest BCUT2D eigenvalue weighted by atomic mass is 9.99. The number of hydrogen-bond acceptors (Lipinski definition) is 2. The topological polar surface area (TPSA) is 57.5 Å². The highest BCUT2D eigenvalue weighted by atomic mass is 79.9. The van der Waals surface area contributed by atoms with Gasteiger partial charge in [0.15, 0.2) is 6.10 Å². The van der Waals surface area contributed by atoms with E-state index in [2.05, 4.69) is 15.9 Å². The van der Waals surface area contributed by atoms with Crippen LogP contribution in [-0.2, 0) is 11.2 Å². The van der Waals surface area contributed by atoms with Gasteiger partial charge in [-0.2, -0.15) is 0 Å². The summed E-state index contributed by atoms with van der Waals surface area (Å²) in [5.41, 5.74) is 2.66. The van der Waals surface area contributed by atoms with Crippen molar-refractivity contribution in [3.05, 3.63) is 34.9 Å². The van der Waals surface area contributed by atoms with Gasteiger partial charge in [0.1, 0.15) is 0 Å². The van der Waals surface area contributed by atoms with Gasteiger partial charge in [0.05, 0.1) is 0 Å². The van der Waals surface area contributed by atoms with Crippen molar-refractivity contribution < 1.29 is 15.0 Å². The minimum atomic E-state index is -1.43. The molecule has 0 fully saturated rings. The summed E-state index contributed by atoms with van der Waals surface area (Å²) in [6, 6.07) is 5.30. The van der Waals surface area contributed by atoms with E-state index < -0.39 is 12.1 Å². The first-order chi connectivity index (χ1) is 7.56. The zero-order valence-corrected chi connectivity index (χ0v) is 10.7. The Labute approximate surface area is 103 Å². The molecule has 1 rings (SSSR count). The van der Waals surface area contributed by atoms with Gasteiger partial charge in [-0.05, 0) is 36.5 Å². The molecule has 0 spiro atoms. The van der Waals surface area contributed by atoms with Gasteiger partial charge in [0.25, 0.3) is 0 Å². The zero-order valence-electron chi connectivity index (χ0n) is 9.11. The summed E-state index contributed by atoms with van der Waals surface area (Å²) in [7, 11) is 0. The molecule has 1 unspecified atom stereocenters. The average molecular weight is 287 g/mol. The Morgan fingerprint density at radius 1 is 1.50 bits per heavy atom. The van der Waals surface area contributed by atoms with Crippen molar-refractivity contribution in [2.75, 3.05) is 5.33 Å². The van der Waals surface area contributed by atoms with E-state index in [1.54, 1.807) is 12.1 Å². The number of alkyl halides is 1. The average Bonchev–Trinajstić information content (AvgIpc) is 2.26. The third kappa shape index (κ3) is 3.32. The first kappa shape index (κ1) is 13.2. The van der Waals surface area contributed by atoms with Crippen LogP contribution in [0.1, 0.15) is 29.2 Å². The first-order valence-electron chi connectivity index (χ1n) is 5.12. The molecule has 16 heavy (non-hydrogen) atoms. The second-order valence-electron chi connectivity index (χ2n) is 3.72. The van der Waals surface area contributed by atoms with Gasteiger partial charge in [0, 0.05) is 5.33 Å². The molecule has 0 radical (unpaired) electrons. The molecule has 0 saturated carbocycles. The van der Waals surface area contributed by atoms with Crippen LogP contribution < -0.4 is 0 Å². The van der Waals surface area contributed by atoms with Crippen molar-refractivity contribution in [1.29, 1.82) is 0 Å². The number of aryl methyl sites for hydroxylation is 2. The Kier molecular flexibility index (Phi) is 4.96. The van der Waals surface area contributed by atoms with Crippen molar-refractivity contribution in [2.24, 2.45) is 0 Å². The van der Waals surface area contributed by atoms with Crippen molar-refractivity contribution in [1.82, 2.24) is 0 Å². The summed E-state index contributed by atoms with van der Waals surface area (Å²) in [5.74, 6) is -1.22. The summed E-state index contributed by atoms with van der Waals surface area (Å²) in [4.78, 5) is 10.6. The predicted octanol–water partition coefficient (Wildman–Crippen LogP) is 2.44. The number of carbonyl (C=O) groups is 1. The highest BCUT2D eigenvalue weighted by Gasteiger charge is 2.16. The monoisotopic (exact) mass is 286 g/mol. The van der Waals surface area contributed by atoms with Crippen LogP contribution in [0.3, 0.4) is 0 Å². The summed E-state index contributed by atoms with van der Waals surface area (Å²) >= 11 is 3.37. The number of benzene rings is 1. The van der Waals surface area contributed by atoms with Crippen LogP contribution in [0.25, 0.3) is 0 Å². The summed E-state index contributed by atoms with van der Waals surface area (Å²) in [5, 5.41) is 19.0. The van der Waals surface area contributed by atoms with Gasteiger partial charge in [-0.15, -0.1) is 0 Å². The van der Waals surface area contributed by atoms with Crippen LogP contribution in [-0.4, -0.2) is 21.5 Å².